The van der Waals surface area contributed by atoms with Gasteiger partial charge in [-0.1, -0.05) is 13.3 Å². The second kappa shape index (κ2) is 7.20. The van der Waals surface area contributed by atoms with Crippen molar-refractivity contribution in [3.05, 3.63) is 0 Å². The zero-order valence-corrected chi connectivity index (χ0v) is 10.3. The highest BCUT2D eigenvalue weighted by Gasteiger charge is 2.22. The molecular weight excluding hydrogens is 190 g/mol. The van der Waals surface area contributed by atoms with Crippen molar-refractivity contribution in [1.82, 2.24) is 5.32 Å². The summed E-state index contributed by atoms with van der Waals surface area (Å²) >= 11 is 0. The highest BCUT2D eigenvalue weighted by atomic mass is 16.5. The van der Waals surface area contributed by atoms with Crippen molar-refractivity contribution < 1.29 is 9.47 Å². The van der Waals surface area contributed by atoms with Crippen molar-refractivity contribution in [2.24, 2.45) is 0 Å². The van der Waals surface area contributed by atoms with Gasteiger partial charge in [0.25, 0.3) is 0 Å². The first-order valence-electron chi connectivity index (χ1n) is 6.12. The molecule has 0 aliphatic carbocycles. The highest BCUT2D eigenvalue weighted by molar-refractivity contribution is 4.78. The monoisotopic (exact) mass is 215 g/mol. The van der Waals surface area contributed by atoms with E-state index in [0.717, 1.165) is 26.1 Å². The van der Waals surface area contributed by atoms with Crippen LogP contribution in [0.5, 0.6) is 0 Å². The Morgan fingerprint density at radius 1 is 1.53 bits per heavy atom. The van der Waals surface area contributed by atoms with E-state index in [0.29, 0.717) is 18.2 Å². The molecule has 0 amide bonds. The van der Waals surface area contributed by atoms with Gasteiger partial charge in [-0.25, -0.2) is 0 Å². The summed E-state index contributed by atoms with van der Waals surface area (Å²) in [4.78, 5) is 0. The lowest BCUT2D eigenvalue weighted by Gasteiger charge is -2.32. The Labute approximate surface area is 93.5 Å². The topological polar surface area (TPSA) is 30.5 Å². The Hall–Kier alpha value is -0.120. The van der Waals surface area contributed by atoms with Crippen molar-refractivity contribution in [2.75, 3.05) is 20.3 Å². The zero-order chi connectivity index (χ0) is 11.1. The SMILES string of the molecule is CCCC1CC(NC(C)COC)CCO1. The highest BCUT2D eigenvalue weighted by Crippen LogP contribution is 2.18. The van der Waals surface area contributed by atoms with Crippen molar-refractivity contribution in [2.45, 2.75) is 57.7 Å². The molecule has 1 fully saturated rings. The Morgan fingerprint density at radius 2 is 2.33 bits per heavy atom. The molecule has 15 heavy (non-hydrogen) atoms. The fraction of sp³-hybridized carbons (Fsp3) is 1.00. The number of rotatable bonds is 6. The van der Waals surface area contributed by atoms with E-state index < -0.39 is 0 Å². The summed E-state index contributed by atoms with van der Waals surface area (Å²) in [5, 5.41) is 3.60. The molecule has 0 spiro atoms. The zero-order valence-electron chi connectivity index (χ0n) is 10.3. The van der Waals surface area contributed by atoms with Gasteiger partial charge in [-0.15, -0.1) is 0 Å². The summed E-state index contributed by atoms with van der Waals surface area (Å²) in [7, 11) is 1.75. The molecule has 0 radical (unpaired) electrons. The molecule has 3 unspecified atom stereocenters. The maximum Gasteiger partial charge on any atom is 0.0613 e. The predicted octanol–water partition coefficient (Wildman–Crippen LogP) is 1.96. The second-order valence-electron chi connectivity index (χ2n) is 4.53. The number of hydrogen-bond acceptors (Lipinski definition) is 3. The van der Waals surface area contributed by atoms with Gasteiger partial charge in [0.05, 0.1) is 12.7 Å². The summed E-state index contributed by atoms with van der Waals surface area (Å²) < 4.78 is 10.8. The molecule has 1 aliphatic heterocycles. The number of methoxy groups -OCH3 is 1. The number of hydrogen-bond donors (Lipinski definition) is 1. The maximum atomic E-state index is 5.72. The molecule has 1 saturated heterocycles. The molecule has 3 heteroatoms. The van der Waals surface area contributed by atoms with Crippen molar-refractivity contribution in [3.63, 3.8) is 0 Å². The lowest BCUT2D eigenvalue weighted by molar-refractivity contribution is -0.00635. The van der Waals surface area contributed by atoms with Crippen molar-refractivity contribution >= 4 is 0 Å². The van der Waals surface area contributed by atoms with E-state index in [1.807, 2.05) is 0 Å². The third kappa shape index (κ3) is 4.96. The largest absolute Gasteiger partial charge is 0.383 e. The number of nitrogens with one attached hydrogen (secondary N) is 1. The standard InChI is InChI=1S/C12H25NO2/c1-4-5-12-8-11(6-7-15-12)13-10(2)9-14-3/h10-13H,4-9H2,1-3H3. The quantitative estimate of drug-likeness (QED) is 0.734. The van der Waals surface area contributed by atoms with Crippen LogP contribution < -0.4 is 5.32 Å². The fourth-order valence-corrected chi connectivity index (χ4v) is 2.26. The molecule has 1 heterocycles. The Morgan fingerprint density at radius 3 is 3.00 bits per heavy atom. The average Bonchev–Trinajstić information content (AvgIpc) is 2.19. The summed E-state index contributed by atoms with van der Waals surface area (Å²) in [5.74, 6) is 0. The molecule has 0 saturated carbocycles. The minimum Gasteiger partial charge on any atom is -0.383 e. The molecule has 0 aromatic rings. The third-order valence-electron chi connectivity index (χ3n) is 2.91. The molecule has 0 aromatic carbocycles. The molecule has 0 aromatic heterocycles. The predicted molar refractivity (Wildman–Crippen MR) is 62.1 cm³/mol. The van der Waals surface area contributed by atoms with E-state index in [2.05, 4.69) is 19.2 Å². The van der Waals surface area contributed by atoms with Crippen LogP contribution in [0.3, 0.4) is 0 Å². The van der Waals surface area contributed by atoms with Crippen LogP contribution in [0.15, 0.2) is 0 Å². The minimum atomic E-state index is 0.445. The van der Waals surface area contributed by atoms with E-state index in [1.165, 1.54) is 12.8 Å². The first kappa shape index (κ1) is 12.9. The maximum absolute atomic E-state index is 5.72. The lowest BCUT2D eigenvalue weighted by atomic mass is 9.99. The van der Waals surface area contributed by atoms with Gasteiger partial charge in [-0.05, 0) is 26.2 Å². The summed E-state index contributed by atoms with van der Waals surface area (Å²) in [6.07, 6.45) is 5.16. The van der Waals surface area contributed by atoms with Gasteiger partial charge in [0, 0.05) is 25.8 Å². The van der Waals surface area contributed by atoms with Crippen LogP contribution in [0.25, 0.3) is 0 Å². The van der Waals surface area contributed by atoms with Crippen molar-refractivity contribution in [3.8, 4) is 0 Å². The summed E-state index contributed by atoms with van der Waals surface area (Å²) in [6.45, 7) is 6.08. The Balaban J connectivity index is 2.23. The van der Waals surface area contributed by atoms with E-state index in [9.17, 15) is 0 Å². The lowest BCUT2D eigenvalue weighted by Crippen LogP contribution is -2.44. The molecule has 1 N–H and O–H groups in total. The van der Waals surface area contributed by atoms with Crippen LogP contribution in [0.4, 0.5) is 0 Å². The molecule has 3 nitrogen and oxygen atoms in total. The molecule has 0 bridgehead atoms. The third-order valence-corrected chi connectivity index (χ3v) is 2.91. The van der Waals surface area contributed by atoms with Crippen LogP contribution in [0.2, 0.25) is 0 Å². The molecule has 1 rings (SSSR count). The number of ether oxygens (including phenoxy) is 2. The molecule has 90 valence electrons. The van der Waals surface area contributed by atoms with Gasteiger partial charge < -0.3 is 14.8 Å². The fourth-order valence-electron chi connectivity index (χ4n) is 2.26. The van der Waals surface area contributed by atoms with Gasteiger partial charge >= 0.3 is 0 Å². The van der Waals surface area contributed by atoms with Gasteiger partial charge in [0.2, 0.25) is 0 Å². The van der Waals surface area contributed by atoms with E-state index in [4.69, 9.17) is 9.47 Å². The molecule has 3 atom stereocenters. The van der Waals surface area contributed by atoms with Crippen LogP contribution in [-0.4, -0.2) is 38.5 Å². The molecule has 1 aliphatic rings. The summed E-state index contributed by atoms with van der Waals surface area (Å²) in [6, 6.07) is 1.06. The van der Waals surface area contributed by atoms with Gasteiger partial charge in [-0.2, -0.15) is 0 Å². The smallest absolute Gasteiger partial charge is 0.0613 e. The van der Waals surface area contributed by atoms with E-state index in [-0.39, 0.29) is 0 Å². The Kier molecular flexibility index (Phi) is 6.22. The normalized spacial score (nSPS) is 29.0. The van der Waals surface area contributed by atoms with Crippen LogP contribution >= 0.6 is 0 Å². The van der Waals surface area contributed by atoms with Gasteiger partial charge in [-0.3, -0.25) is 0 Å². The first-order valence-corrected chi connectivity index (χ1v) is 6.12. The average molecular weight is 215 g/mol. The summed E-state index contributed by atoms with van der Waals surface area (Å²) in [5.41, 5.74) is 0. The van der Waals surface area contributed by atoms with E-state index >= 15 is 0 Å². The molecular formula is C12H25NO2. The minimum absolute atomic E-state index is 0.445. The van der Waals surface area contributed by atoms with Crippen LogP contribution in [0.1, 0.15) is 39.5 Å². The van der Waals surface area contributed by atoms with Crippen LogP contribution in [0, 0.1) is 0 Å². The van der Waals surface area contributed by atoms with Crippen LogP contribution in [-0.2, 0) is 9.47 Å². The Bertz CT molecular complexity index is 160. The van der Waals surface area contributed by atoms with Crippen molar-refractivity contribution in [1.29, 1.82) is 0 Å². The van der Waals surface area contributed by atoms with E-state index in [1.54, 1.807) is 7.11 Å². The first-order chi connectivity index (χ1) is 7.26. The second-order valence-corrected chi connectivity index (χ2v) is 4.53. The van der Waals surface area contributed by atoms with Gasteiger partial charge in [0.1, 0.15) is 0 Å². The van der Waals surface area contributed by atoms with Gasteiger partial charge in [0.15, 0.2) is 0 Å².